The van der Waals surface area contributed by atoms with Crippen LogP contribution in [0.2, 0.25) is 0 Å². The van der Waals surface area contributed by atoms with Crippen LogP contribution in [0.15, 0.2) is 6.33 Å². The third-order valence-electron chi connectivity index (χ3n) is 5.66. The summed E-state index contributed by atoms with van der Waals surface area (Å²) < 4.78 is 0. The number of carbonyl (C=O) groups excluding carboxylic acids is 2. The Hall–Kier alpha value is -2.38. The Kier molecular flexibility index (Phi) is 4.53. The second-order valence-electron chi connectivity index (χ2n) is 7.20. The first-order chi connectivity index (χ1) is 11.8. The molecule has 1 atom stereocenters. The van der Waals surface area contributed by atoms with E-state index < -0.39 is 12.0 Å². The molecule has 8 heteroatoms. The number of piperidine rings is 2. The second kappa shape index (κ2) is 6.50. The third-order valence-corrected chi connectivity index (χ3v) is 5.66. The SMILES string of the molecule is Cc1[nH]cnc1C(=O)N1CCC2(CCC(=O)N(C(C)C(=O)O)C2)CC1. The highest BCUT2D eigenvalue weighted by molar-refractivity contribution is 5.93. The van der Waals surface area contributed by atoms with Gasteiger partial charge >= 0.3 is 5.97 Å². The van der Waals surface area contributed by atoms with E-state index in [1.807, 2.05) is 6.92 Å². The Morgan fingerprint density at radius 2 is 2.00 bits per heavy atom. The summed E-state index contributed by atoms with van der Waals surface area (Å²) in [6.07, 6.45) is 4.21. The van der Waals surface area contributed by atoms with E-state index in [0.29, 0.717) is 31.7 Å². The summed E-state index contributed by atoms with van der Waals surface area (Å²) in [5, 5.41) is 9.23. The molecule has 3 rings (SSSR count). The number of aryl methyl sites for hydroxylation is 1. The van der Waals surface area contributed by atoms with Crippen LogP contribution in [0.4, 0.5) is 0 Å². The van der Waals surface area contributed by atoms with Crippen LogP contribution in [-0.2, 0) is 9.59 Å². The Balaban J connectivity index is 1.66. The van der Waals surface area contributed by atoms with Gasteiger partial charge in [0.15, 0.2) is 0 Å². The van der Waals surface area contributed by atoms with Crippen molar-refractivity contribution in [2.45, 2.75) is 45.6 Å². The van der Waals surface area contributed by atoms with Gasteiger partial charge in [0.05, 0.1) is 6.33 Å². The summed E-state index contributed by atoms with van der Waals surface area (Å²) in [6, 6.07) is -0.809. The molecular weight excluding hydrogens is 324 g/mol. The molecule has 2 fully saturated rings. The second-order valence-corrected chi connectivity index (χ2v) is 7.20. The molecule has 25 heavy (non-hydrogen) atoms. The van der Waals surface area contributed by atoms with Gasteiger partial charge in [-0.05, 0) is 38.5 Å². The lowest BCUT2D eigenvalue weighted by atomic mass is 9.72. The molecule has 3 heterocycles. The zero-order valence-corrected chi connectivity index (χ0v) is 14.6. The van der Waals surface area contributed by atoms with Gasteiger partial charge < -0.3 is 19.9 Å². The van der Waals surface area contributed by atoms with Crippen molar-refractivity contribution in [1.82, 2.24) is 19.8 Å². The quantitative estimate of drug-likeness (QED) is 0.849. The summed E-state index contributed by atoms with van der Waals surface area (Å²) in [6.45, 7) is 5.05. The maximum atomic E-state index is 12.6. The minimum Gasteiger partial charge on any atom is -0.480 e. The van der Waals surface area contributed by atoms with Gasteiger partial charge in [0.2, 0.25) is 5.91 Å². The smallest absolute Gasteiger partial charge is 0.326 e. The molecule has 1 aromatic rings. The van der Waals surface area contributed by atoms with Gasteiger partial charge in [0, 0.05) is 31.7 Å². The lowest BCUT2D eigenvalue weighted by Gasteiger charge is -2.48. The number of nitrogens with zero attached hydrogens (tertiary/aromatic N) is 3. The molecule has 0 saturated carbocycles. The normalized spacial score (nSPS) is 21.4. The molecule has 2 saturated heterocycles. The van der Waals surface area contributed by atoms with Gasteiger partial charge in [-0.15, -0.1) is 0 Å². The van der Waals surface area contributed by atoms with Crippen LogP contribution in [0.3, 0.4) is 0 Å². The van der Waals surface area contributed by atoms with Crippen LogP contribution in [0.1, 0.15) is 48.8 Å². The van der Waals surface area contributed by atoms with E-state index in [-0.39, 0.29) is 17.2 Å². The average Bonchev–Trinajstić information content (AvgIpc) is 3.02. The van der Waals surface area contributed by atoms with Crippen molar-refractivity contribution in [3.8, 4) is 0 Å². The number of carboxylic acids is 1. The average molecular weight is 348 g/mol. The highest BCUT2D eigenvalue weighted by Crippen LogP contribution is 2.41. The van der Waals surface area contributed by atoms with Gasteiger partial charge in [-0.3, -0.25) is 9.59 Å². The Morgan fingerprint density at radius 1 is 1.32 bits per heavy atom. The molecular formula is C17H24N4O4. The zero-order chi connectivity index (χ0) is 18.2. The lowest BCUT2D eigenvalue weighted by Crippen LogP contribution is -2.55. The van der Waals surface area contributed by atoms with Gasteiger partial charge in [-0.25, -0.2) is 9.78 Å². The molecule has 1 unspecified atom stereocenters. The van der Waals surface area contributed by atoms with Crippen LogP contribution in [0.25, 0.3) is 0 Å². The predicted molar refractivity (Wildman–Crippen MR) is 88.9 cm³/mol. The first kappa shape index (κ1) is 17.4. The van der Waals surface area contributed by atoms with Crippen molar-refractivity contribution >= 4 is 17.8 Å². The number of carboxylic acid groups (broad SMARTS) is 1. The van der Waals surface area contributed by atoms with Gasteiger partial charge in [0.25, 0.3) is 5.91 Å². The lowest BCUT2D eigenvalue weighted by molar-refractivity contribution is -0.154. The van der Waals surface area contributed by atoms with E-state index in [4.69, 9.17) is 0 Å². The van der Waals surface area contributed by atoms with E-state index in [1.165, 1.54) is 11.2 Å². The maximum absolute atomic E-state index is 12.6. The number of aromatic amines is 1. The topological polar surface area (TPSA) is 107 Å². The minimum absolute atomic E-state index is 0.0729. The fourth-order valence-electron chi connectivity index (χ4n) is 3.85. The van der Waals surface area contributed by atoms with Crippen LogP contribution < -0.4 is 0 Å². The van der Waals surface area contributed by atoms with E-state index in [1.54, 1.807) is 11.8 Å². The number of hydrogen-bond donors (Lipinski definition) is 2. The van der Waals surface area contributed by atoms with E-state index in [9.17, 15) is 19.5 Å². The number of imidazole rings is 1. The van der Waals surface area contributed by atoms with Crippen molar-refractivity contribution in [2.75, 3.05) is 19.6 Å². The number of aromatic nitrogens is 2. The molecule has 0 bridgehead atoms. The summed E-state index contributed by atoms with van der Waals surface area (Å²) in [4.78, 5) is 46.3. The van der Waals surface area contributed by atoms with Crippen LogP contribution in [0.5, 0.6) is 0 Å². The maximum Gasteiger partial charge on any atom is 0.326 e. The van der Waals surface area contributed by atoms with Crippen molar-refractivity contribution in [3.05, 3.63) is 17.7 Å². The number of nitrogens with one attached hydrogen (secondary N) is 1. The first-order valence-corrected chi connectivity index (χ1v) is 8.64. The molecule has 2 aliphatic rings. The summed E-state index contributed by atoms with van der Waals surface area (Å²) in [5.74, 6) is -1.14. The number of carbonyl (C=O) groups is 3. The predicted octanol–water partition coefficient (Wildman–Crippen LogP) is 1.04. The first-order valence-electron chi connectivity index (χ1n) is 8.64. The highest BCUT2D eigenvalue weighted by atomic mass is 16.4. The van der Waals surface area contributed by atoms with Gasteiger partial charge in [-0.2, -0.15) is 0 Å². The summed E-state index contributed by atoms with van der Waals surface area (Å²) >= 11 is 0. The fraction of sp³-hybridized carbons (Fsp3) is 0.647. The van der Waals surface area contributed by atoms with Crippen molar-refractivity contribution < 1.29 is 19.5 Å². The molecule has 2 amide bonds. The molecule has 8 nitrogen and oxygen atoms in total. The van der Waals surface area contributed by atoms with Crippen LogP contribution in [-0.4, -0.2) is 68.3 Å². The number of hydrogen-bond acceptors (Lipinski definition) is 4. The molecule has 2 aliphatic heterocycles. The standard InChI is InChI=1S/C17H24N4O4/c1-11-14(19-10-18-11)15(23)20-7-5-17(6-8-20)4-3-13(22)21(9-17)12(2)16(24)25/h10,12H,3-9H2,1-2H3,(H,18,19)(H,24,25). The zero-order valence-electron chi connectivity index (χ0n) is 14.6. The van der Waals surface area contributed by atoms with E-state index in [0.717, 1.165) is 25.0 Å². The van der Waals surface area contributed by atoms with E-state index >= 15 is 0 Å². The van der Waals surface area contributed by atoms with Crippen molar-refractivity contribution in [1.29, 1.82) is 0 Å². The number of H-pyrrole nitrogens is 1. The van der Waals surface area contributed by atoms with Crippen molar-refractivity contribution in [3.63, 3.8) is 0 Å². The highest BCUT2D eigenvalue weighted by Gasteiger charge is 2.44. The van der Waals surface area contributed by atoms with Gasteiger partial charge in [0.1, 0.15) is 11.7 Å². The summed E-state index contributed by atoms with van der Waals surface area (Å²) in [5.41, 5.74) is 1.13. The fourth-order valence-corrected chi connectivity index (χ4v) is 3.85. The van der Waals surface area contributed by atoms with Gasteiger partial charge in [-0.1, -0.05) is 0 Å². The van der Waals surface area contributed by atoms with Crippen LogP contribution >= 0.6 is 0 Å². The Labute approximate surface area is 146 Å². The Morgan fingerprint density at radius 3 is 2.56 bits per heavy atom. The molecule has 0 aliphatic carbocycles. The molecule has 0 aromatic carbocycles. The van der Waals surface area contributed by atoms with Crippen LogP contribution in [0, 0.1) is 12.3 Å². The summed E-state index contributed by atoms with van der Waals surface area (Å²) in [7, 11) is 0. The molecule has 136 valence electrons. The third kappa shape index (κ3) is 3.25. The molecule has 0 radical (unpaired) electrons. The molecule has 2 N–H and O–H groups in total. The number of rotatable bonds is 3. The number of aliphatic carboxylic acids is 1. The monoisotopic (exact) mass is 348 g/mol. The number of amides is 2. The largest absolute Gasteiger partial charge is 0.480 e. The Bertz CT molecular complexity index is 691. The van der Waals surface area contributed by atoms with Crippen molar-refractivity contribution in [2.24, 2.45) is 5.41 Å². The minimum atomic E-state index is -0.980. The molecule has 1 spiro atoms. The molecule has 1 aromatic heterocycles. The number of likely N-dealkylation sites (tertiary alicyclic amines) is 2. The van der Waals surface area contributed by atoms with E-state index in [2.05, 4.69) is 9.97 Å².